The molecule has 2 bridgehead atoms. The van der Waals surface area contributed by atoms with E-state index in [4.69, 9.17) is 11.6 Å². The van der Waals surface area contributed by atoms with Crippen LogP contribution in [0.15, 0.2) is 48.5 Å². The molecule has 2 aliphatic carbocycles. The van der Waals surface area contributed by atoms with E-state index in [9.17, 15) is 9.59 Å². The molecule has 26 heavy (non-hydrogen) atoms. The van der Waals surface area contributed by atoms with Crippen LogP contribution >= 0.6 is 11.6 Å². The van der Waals surface area contributed by atoms with Crippen molar-refractivity contribution in [2.45, 2.75) is 25.7 Å². The molecule has 0 aromatic heterocycles. The molecule has 0 N–H and O–H groups in total. The number of carbonyl (C=O) groups is 2. The number of fused-ring (bicyclic) bond motifs is 5. The Morgan fingerprint density at radius 3 is 2.42 bits per heavy atom. The minimum absolute atomic E-state index is 0.0237. The Balaban J connectivity index is 1.52. The summed E-state index contributed by atoms with van der Waals surface area (Å²) in [6, 6.07) is 15.9. The topological polar surface area (TPSA) is 37.4 Å². The maximum absolute atomic E-state index is 13.3. The van der Waals surface area contributed by atoms with Gasteiger partial charge in [-0.2, -0.15) is 0 Å². The first kappa shape index (κ1) is 16.1. The summed E-state index contributed by atoms with van der Waals surface area (Å²) in [6.07, 6.45) is 2.01. The van der Waals surface area contributed by atoms with E-state index in [0.717, 1.165) is 18.4 Å². The van der Waals surface area contributed by atoms with Crippen LogP contribution in [0.4, 0.5) is 5.69 Å². The molecular weight excluding hydrogens is 346 g/mol. The quantitative estimate of drug-likeness (QED) is 0.730. The highest BCUT2D eigenvalue weighted by Crippen LogP contribution is 2.62. The number of anilines is 1. The molecule has 0 radical (unpaired) electrons. The third kappa shape index (κ3) is 2.07. The van der Waals surface area contributed by atoms with Gasteiger partial charge in [0.15, 0.2) is 0 Å². The molecule has 1 saturated heterocycles. The number of imide groups is 1. The summed E-state index contributed by atoms with van der Waals surface area (Å²) >= 11 is 6.23. The Bertz CT molecular complexity index is 910. The Morgan fingerprint density at radius 1 is 0.923 bits per heavy atom. The first-order chi connectivity index (χ1) is 12.6. The van der Waals surface area contributed by atoms with Gasteiger partial charge in [0.2, 0.25) is 11.8 Å². The molecule has 0 spiro atoms. The molecule has 132 valence electrons. The van der Waals surface area contributed by atoms with Crippen LogP contribution in [-0.2, 0) is 9.59 Å². The molecule has 1 aliphatic heterocycles. The zero-order chi connectivity index (χ0) is 18.0. The monoisotopic (exact) mass is 365 g/mol. The summed E-state index contributed by atoms with van der Waals surface area (Å²) in [6.45, 7) is 1.87. The van der Waals surface area contributed by atoms with E-state index < -0.39 is 0 Å². The lowest BCUT2D eigenvalue weighted by Crippen LogP contribution is -2.33. The van der Waals surface area contributed by atoms with Crippen LogP contribution in [0, 0.1) is 30.6 Å². The molecule has 0 unspecified atom stereocenters. The number of nitrogens with zero attached hydrogens (tertiary/aromatic N) is 1. The molecule has 1 heterocycles. The zero-order valence-corrected chi connectivity index (χ0v) is 15.3. The van der Waals surface area contributed by atoms with Crippen LogP contribution in [0.5, 0.6) is 0 Å². The van der Waals surface area contributed by atoms with Crippen molar-refractivity contribution in [3.8, 4) is 0 Å². The standard InChI is InChI=1S/C22H20ClNO2/c1-12-17(23)8-5-9-18(12)24-21(25)19-14-10-15(13-6-3-2-4-7-13)16(11-14)20(19)22(24)26/h2-9,14-16,19-20H,10-11H2,1H3/t14-,15-,16+,19+,20-/m0/s1. The fourth-order valence-electron chi connectivity index (χ4n) is 5.62. The SMILES string of the molecule is Cc1c(Cl)cccc1N1C(=O)[C@@H]2[C@@H]3C[C@@H]([C@@H]2C1=O)[C@H](c1ccccc1)C3. The number of hydrogen-bond donors (Lipinski definition) is 0. The number of benzene rings is 2. The normalized spacial score (nSPS) is 32.4. The Kier molecular flexibility index (Phi) is 3.51. The van der Waals surface area contributed by atoms with Crippen LogP contribution < -0.4 is 4.90 Å². The van der Waals surface area contributed by atoms with Crippen molar-refractivity contribution in [2.75, 3.05) is 4.90 Å². The van der Waals surface area contributed by atoms with Gasteiger partial charge >= 0.3 is 0 Å². The number of carbonyl (C=O) groups excluding carboxylic acids is 2. The molecular formula is C22H20ClNO2. The van der Waals surface area contributed by atoms with Crippen LogP contribution in [-0.4, -0.2) is 11.8 Å². The molecule has 2 aromatic rings. The maximum atomic E-state index is 13.3. The highest BCUT2D eigenvalue weighted by atomic mass is 35.5. The average Bonchev–Trinajstić information content (AvgIpc) is 3.31. The summed E-state index contributed by atoms with van der Waals surface area (Å²) in [5, 5.41) is 0.588. The number of hydrogen-bond acceptors (Lipinski definition) is 2. The molecule has 5 atom stereocenters. The third-order valence-electron chi connectivity index (χ3n) is 6.72. The molecule has 5 rings (SSSR count). The van der Waals surface area contributed by atoms with Gasteiger partial charge in [0.25, 0.3) is 0 Å². The fraction of sp³-hybridized carbons (Fsp3) is 0.364. The van der Waals surface area contributed by atoms with E-state index >= 15 is 0 Å². The van der Waals surface area contributed by atoms with Gasteiger partial charge in [0.05, 0.1) is 17.5 Å². The van der Waals surface area contributed by atoms with Crippen molar-refractivity contribution >= 4 is 29.1 Å². The highest BCUT2D eigenvalue weighted by Gasteiger charge is 2.64. The van der Waals surface area contributed by atoms with Crippen molar-refractivity contribution in [2.24, 2.45) is 23.7 Å². The predicted molar refractivity (Wildman–Crippen MR) is 101 cm³/mol. The van der Waals surface area contributed by atoms with Gasteiger partial charge in [-0.1, -0.05) is 48.0 Å². The number of amides is 2. The summed E-state index contributed by atoms with van der Waals surface area (Å²) in [4.78, 5) is 27.9. The summed E-state index contributed by atoms with van der Waals surface area (Å²) in [7, 11) is 0. The average molecular weight is 366 g/mol. The van der Waals surface area contributed by atoms with E-state index in [1.54, 1.807) is 12.1 Å². The summed E-state index contributed by atoms with van der Waals surface area (Å²) < 4.78 is 0. The smallest absolute Gasteiger partial charge is 0.238 e. The second-order valence-corrected chi connectivity index (χ2v) is 8.27. The molecule has 2 aromatic carbocycles. The van der Waals surface area contributed by atoms with Crippen molar-refractivity contribution < 1.29 is 9.59 Å². The summed E-state index contributed by atoms with van der Waals surface area (Å²) in [5.74, 6) is 0.600. The molecule has 4 heteroatoms. The predicted octanol–water partition coefficient (Wildman–Crippen LogP) is 4.58. The van der Waals surface area contributed by atoms with Gasteiger partial charge in [-0.05, 0) is 60.8 Å². The molecule has 3 nitrogen and oxygen atoms in total. The highest BCUT2D eigenvalue weighted by molar-refractivity contribution is 6.32. The van der Waals surface area contributed by atoms with Gasteiger partial charge in [-0.25, -0.2) is 4.90 Å². The van der Waals surface area contributed by atoms with E-state index in [1.165, 1.54) is 10.5 Å². The van der Waals surface area contributed by atoms with Gasteiger partial charge in [-0.15, -0.1) is 0 Å². The first-order valence-electron chi connectivity index (χ1n) is 9.26. The van der Waals surface area contributed by atoms with E-state index in [-0.39, 0.29) is 29.6 Å². The Hall–Kier alpha value is -2.13. The zero-order valence-electron chi connectivity index (χ0n) is 14.6. The lowest BCUT2D eigenvalue weighted by atomic mass is 9.73. The lowest BCUT2D eigenvalue weighted by Gasteiger charge is -2.28. The number of halogens is 1. The van der Waals surface area contributed by atoms with Gasteiger partial charge in [0, 0.05) is 5.02 Å². The summed E-state index contributed by atoms with van der Waals surface area (Å²) in [5.41, 5.74) is 2.75. The van der Waals surface area contributed by atoms with E-state index in [0.29, 0.717) is 22.5 Å². The molecule has 3 fully saturated rings. The molecule has 3 aliphatic rings. The van der Waals surface area contributed by atoms with Crippen LogP contribution in [0.1, 0.15) is 29.9 Å². The van der Waals surface area contributed by atoms with Gasteiger partial charge < -0.3 is 0 Å². The van der Waals surface area contributed by atoms with Crippen LogP contribution in [0.25, 0.3) is 0 Å². The van der Waals surface area contributed by atoms with Crippen molar-refractivity contribution in [3.05, 3.63) is 64.7 Å². The fourth-order valence-corrected chi connectivity index (χ4v) is 5.79. The van der Waals surface area contributed by atoms with E-state index in [1.807, 2.05) is 19.1 Å². The Labute approximate surface area is 158 Å². The van der Waals surface area contributed by atoms with Crippen LogP contribution in [0.2, 0.25) is 5.02 Å². The van der Waals surface area contributed by atoms with Crippen molar-refractivity contribution in [1.29, 1.82) is 0 Å². The lowest BCUT2D eigenvalue weighted by molar-refractivity contribution is -0.123. The Morgan fingerprint density at radius 2 is 1.65 bits per heavy atom. The van der Waals surface area contributed by atoms with Gasteiger partial charge in [0.1, 0.15) is 0 Å². The second-order valence-electron chi connectivity index (χ2n) is 7.86. The van der Waals surface area contributed by atoms with Crippen molar-refractivity contribution in [3.63, 3.8) is 0 Å². The van der Waals surface area contributed by atoms with E-state index in [2.05, 4.69) is 24.3 Å². The maximum Gasteiger partial charge on any atom is 0.238 e. The third-order valence-corrected chi connectivity index (χ3v) is 7.13. The largest absolute Gasteiger partial charge is 0.274 e. The molecule has 2 amide bonds. The van der Waals surface area contributed by atoms with Gasteiger partial charge in [-0.3, -0.25) is 9.59 Å². The number of rotatable bonds is 2. The van der Waals surface area contributed by atoms with Crippen LogP contribution in [0.3, 0.4) is 0 Å². The molecule has 2 saturated carbocycles. The van der Waals surface area contributed by atoms with Crippen molar-refractivity contribution in [1.82, 2.24) is 0 Å². The first-order valence-corrected chi connectivity index (χ1v) is 9.63. The second kappa shape index (κ2) is 5.68. The minimum Gasteiger partial charge on any atom is -0.274 e. The minimum atomic E-state index is -0.176.